The number of sulfonamides is 1. The van der Waals surface area contributed by atoms with E-state index in [4.69, 9.17) is 0 Å². The van der Waals surface area contributed by atoms with Crippen molar-refractivity contribution in [3.63, 3.8) is 0 Å². The van der Waals surface area contributed by atoms with Crippen LogP contribution < -0.4 is 4.72 Å². The first-order valence-corrected chi connectivity index (χ1v) is 7.82. The van der Waals surface area contributed by atoms with Gasteiger partial charge < -0.3 is 9.84 Å². The van der Waals surface area contributed by atoms with E-state index in [1.54, 1.807) is 12.1 Å². The molecule has 116 valence electrons. The number of methoxy groups -OCH3 is 1. The smallest absolute Gasteiger partial charge is 0.341 e. The lowest BCUT2D eigenvalue weighted by atomic mass is 10.2. The van der Waals surface area contributed by atoms with Crippen LogP contribution in [0.4, 0.5) is 5.69 Å². The maximum atomic E-state index is 12.2. The summed E-state index contributed by atoms with van der Waals surface area (Å²) in [7, 11) is -2.57. The molecule has 2 aromatic carbocycles. The van der Waals surface area contributed by atoms with Gasteiger partial charge in [-0.2, -0.15) is 0 Å². The number of phenols is 1. The maximum absolute atomic E-state index is 12.2. The third-order valence-electron chi connectivity index (χ3n) is 2.99. The second kappa shape index (κ2) is 6.07. The van der Waals surface area contributed by atoms with E-state index < -0.39 is 16.0 Å². The number of aryl methyl sites for hydroxylation is 1. The van der Waals surface area contributed by atoms with Crippen LogP contribution >= 0.6 is 0 Å². The number of phenolic OH excluding ortho intramolecular Hbond substituents is 1. The average Bonchev–Trinajstić information content (AvgIpc) is 2.46. The fourth-order valence-electron chi connectivity index (χ4n) is 1.81. The molecule has 0 aliphatic carbocycles. The Morgan fingerprint density at radius 1 is 1.14 bits per heavy atom. The van der Waals surface area contributed by atoms with Gasteiger partial charge in [0.15, 0.2) is 0 Å². The Hall–Kier alpha value is -2.54. The second-order valence-electron chi connectivity index (χ2n) is 4.64. The van der Waals surface area contributed by atoms with E-state index in [2.05, 4.69) is 9.46 Å². The molecule has 0 bridgehead atoms. The van der Waals surface area contributed by atoms with Gasteiger partial charge in [0.2, 0.25) is 0 Å². The van der Waals surface area contributed by atoms with Crippen LogP contribution in [-0.2, 0) is 14.8 Å². The highest BCUT2D eigenvalue weighted by Gasteiger charge is 2.16. The van der Waals surface area contributed by atoms with Crippen molar-refractivity contribution < 1.29 is 23.1 Å². The van der Waals surface area contributed by atoms with Gasteiger partial charge in [0.05, 0.1) is 17.7 Å². The van der Waals surface area contributed by atoms with Crippen molar-refractivity contribution >= 4 is 21.7 Å². The van der Waals surface area contributed by atoms with Crippen molar-refractivity contribution in [3.05, 3.63) is 53.6 Å². The molecule has 0 aliphatic rings. The van der Waals surface area contributed by atoms with Gasteiger partial charge in [0.1, 0.15) is 11.3 Å². The Balaban J connectivity index is 2.28. The Bertz CT molecular complexity index is 797. The Morgan fingerprint density at radius 2 is 1.77 bits per heavy atom. The quantitative estimate of drug-likeness (QED) is 0.843. The van der Waals surface area contributed by atoms with Crippen molar-refractivity contribution in [2.45, 2.75) is 11.8 Å². The fourth-order valence-corrected chi connectivity index (χ4v) is 2.86. The monoisotopic (exact) mass is 321 g/mol. The molecular weight excluding hydrogens is 306 g/mol. The first kappa shape index (κ1) is 15.8. The molecule has 0 unspecified atom stereocenters. The highest BCUT2D eigenvalue weighted by molar-refractivity contribution is 7.92. The molecule has 7 heteroatoms. The first-order chi connectivity index (χ1) is 10.3. The third-order valence-corrected chi connectivity index (χ3v) is 4.38. The zero-order valence-electron chi connectivity index (χ0n) is 12.0. The van der Waals surface area contributed by atoms with Crippen LogP contribution in [0.1, 0.15) is 15.9 Å². The van der Waals surface area contributed by atoms with E-state index in [0.717, 1.165) is 11.6 Å². The predicted octanol–water partition coefficient (Wildman–Crippen LogP) is 2.29. The molecule has 0 atom stereocenters. The number of rotatable bonds is 4. The Morgan fingerprint density at radius 3 is 2.32 bits per heavy atom. The molecule has 0 heterocycles. The summed E-state index contributed by atoms with van der Waals surface area (Å²) >= 11 is 0. The lowest BCUT2D eigenvalue weighted by molar-refractivity contribution is 0.0597. The molecule has 22 heavy (non-hydrogen) atoms. The minimum Gasteiger partial charge on any atom is -0.507 e. The summed E-state index contributed by atoms with van der Waals surface area (Å²) < 4.78 is 31.3. The van der Waals surface area contributed by atoms with E-state index in [0.29, 0.717) is 0 Å². The summed E-state index contributed by atoms with van der Waals surface area (Å²) in [5.74, 6) is -1.07. The molecule has 0 saturated carbocycles. The second-order valence-corrected chi connectivity index (χ2v) is 6.32. The number of benzene rings is 2. The van der Waals surface area contributed by atoms with Gasteiger partial charge in [0.25, 0.3) is 10.0 Å². The van der Waals surface area contributed by atoms with Gasteiger partial charge in [-0.15, -0.1) is 0 Å². The Labute approximate surface area is 128 Å². The van der Waals surface area contributed by atoms with Gasteiger partial charge in [-0.25, -0.2) is 13.2 Å². The van der Waals surface area contributed by atoms with Crippen LogP contribution in [-0.4, -0.2) is 26.6 Å². The summed E-state index contributed by atoms with van der Waals surface area (Å²) in [4.78, 5) is 11.5. The molecule has 0 radical (unpaired) electrons. The van der Waals surface area contributed by atoms with E-state index in [9.17, 15) is 18.3 Å². The number of carbonyl (C=O) groups is 1. The van der Waals surface area contributed by atoms with Crippen molar-refractivity contribution in [3.8, 4) is 5.75 Å². The fraction of sp³-hybridized carbons (Fsp3) is 0.133. The van der Waals surface area contributed by atoms with Crippen LogP contribution in [0.5, 0.6) is 5.75 Å². The molecule has 2 N–H and O–H groups in total. The molecule has 6 nitrogen and oxygen atoms in total. The van der Waals surface area contributed by atoms with E-state index in [1.165, 1.54) is 31.4 Å². The van der Waals surface area contributed by atoms with E-state index in [-0.39, 0.29) is 21.9 Å². The average molecular weight is 321 g/mol. The number of hydrogen-bond donors (Lipinski definition) is 2. The summed E-state index contributed by atoms with van der Waals surface area (Å²) in [6, 6.07) is 10.2. The first-order valence-electron chi connectivity index (χ1n) is 6.34. The highest BCUT2D eigenvalue weighted by Crippen LogP contribution is 2.24. The predicted molar refractivity (Wildman–Crippen MR) is 81.4 cm³/mol. The van der Waals surface area contributed by atoms with Crippen LogP contribution in [0, 0.1) is 6.92 Å². The van der Waals surface area contributed by atoms with Crippen LogP contribution in [0.2, 0.25) is 0 Å². The highest BCUT2D eigenvalue weighted by atomic mass is 32.2. The van der Waals surface area contributed by atoms with E-state index in [1.807, 2.05) is 6.92 Å². The number of hydrogen-bond acceptors (Lipinski definition) is 5. The Kier molecular flexibility index (Phi) is 4.37. The summed E-state index contributed by atoms with van der Waals surface area (Å²) in [5.41, 5.74) is 1.05. The SMILES string of the molecule is COC(=O)c1ccc(NS(=O)(=O)c2ccc(C)cc2)cc1O. The van der Waals surface area contributed by atoms with Gasteiger partial charge in [0, 0.05) is 6.07 Å². The topological polar surface area (TPSA) is 92.7 Å². The summed E-state index contributed by atoms with van der Waals surface area (Å²) in [6.07, 6.45) is 0. The minimum atomic E-state index is -3.76. The number of esters is 1. The van der Waals surface area contributed by atoms with Gasteiger partial charge in [-0.05, 0) is 31.2 Å². The molecule has 0 saturated heterocycles. The molecular formula is C15H15NO5S. The van der Waals surface area contributed by atoms with Gasteiger partial charge in [-0.1, -0.05) is 17.7 Å². The van der Waals surface area contributed by atoms with Gasteiger partial charge in [-0.3, -0.25) is 4.72 Å². The standard InChI is InChI=1S/C15H15NO5S/c1-10-3-6-12(7-4-10)22(19,20)16-11-5-8-13(14(17)9-11)15(18)21-2/h3-9,16-17H,1-2H3. The van der Waals surface area contributed by atoms with Crippen LogP contribution in [0.15, 0.2) is 47.4 Å². The maximum Gasteiger partial charge on any atom is 0.341 e. The summed E-state index contributed by atoms with van der Waals surface area (Å²) in [5, 5.41) is 9.76. The minimum absolute atomic E-state index is 0.0409. The van der Waals surface area contributed by atoms with Crippen LogP contribution in [0.25, 0.3) is 0 Å². The lowest BCUT2D eigenvalue weighted by Crippen LogP contribution is -2.13. The van der Waals surface area contributed by atoms with E-state index >= 15 is 0 Å². The molecule has 0 spiro atoms. The zero-order chi connectivity index (χ0) is 16.3. The number of nitrogens with one attached hydrogen (secondary N) is 1. The number of anilines is 1. The number of aromatic hydroxyl groups is 1. The number of ether oxygens (including phenoxy) is 1. The molecule has 0 aliphatic heterocycles. The number of carbonyl (C=O) groups excluding carboxylic acids is 1. The molecule has 0 aromatic heterocycles. The molecule has 0 amide bonds. The van der Waals surface area contributed by atoms with Gasteiger partial charge >= 0.3 is 5.97 Å². The molecule has 2 aromatic rings. The zero-order valence-corrected chi connectivity index (χ0v) is 12.8. The molecule has 0 fully saturated rings. The summed E-state index contributed by atoms with van der Waals surface area (Å²) in [6.45, 7) is 1.85. The van der Waals surface area contributed by atoms with Crippen molar-refractivity contribution in [2.75, 3.05) is 11.8 Å². The largest absolute Gasteiger partial charge is 0.507 e. The lowest BCUT2D eigenvalue weighted by Gasteiger charge is -2.10. The van der Waals surface area contributed by atoms with Crippen molar-refractivity contribution in [2.24, 2.45) is 0 Å². The van der Waals surface area contributed by atoms with Crippen LogP contribution in [0.3, 0.4) is 0 Å². The third kappa shape index (κ3) is 3.37. The van der Waals surface area contributed by atoms with Crippen molar-refractivity contribution in [1.29, 1.82) is 0 Å². The van der Waals surface area contributed by atoms with Crippen molar-refractivity contribution in [1.82, 2.24) is 0 Å². The molecule has 2 rings (SSSR count). The normalized spacial score (nSPS) is 11.0.